The third-order valence-electron chi connectivity index (χ3n) is 4.94. The molecule has 0 radical (unpaired) electrons. The van der Waals surface area contributed by atoms with Crippen LogP contribution in [0.5, 0.6) is 0 Å². The number of piperidine rings is 1. The fourth-order valence-corrected chi connectivity index (χ4v) is 4.02. The van der Waals surface area contributed by atoms with Crippen molar-refractivity contribution >= 4 is 28.7 Å². The highest BCUT2D eigenvalue weighted by atomic mass is 35.5. The summed E-state index contributed by atoms with van der Waals surface area (Å²) in [5, 5.41) is 0.688. The van der Waals surface area contributed by atoms with Gasteiger partial charge in [0.2, 0.25) is 0 Å². The van der Waals surface area contributed by atoms with Crippen molar-refractivity contribution in [1.82, 2.24) is 14.9 Å². The van der Waals surface area contributed by atoms with E-state index in [0.717, 1.165) is 42.4 Å². The van der Waals surface area contributed by atoms with Gasteiger partial charge in [0.25, 0.3) is 6.01 Å². The van der Waals surface area contributed by atoms with E-state index in [0.29, 0.717) is 17.1 Å². The molecule has 2 bridgehead atoms. The van der Waals surface area contributed by atoms with Crippen molar-refractivity contribution in [2.45, 2.75) is 25.0 Å². The summed E-state index contributed by atoms with van der Waals surface area (Å²) in [7, 11) is 0. The van der Waals surface area contributed by atoms with E-state index in [9.17, 15) is 0 Å². The maximum absolute atomic E-state index is 6.04. The summed E-state index contributed by atoms with van der Waals surface area (Å²) in [5.74, 6) is 0. The van der Waals surface area contributed by atoms with Crippen molar-refractivity contribution < 1.29 is 4.42 Å². The average Bonchev–Trinajstić information content (AvgIpc) is 2.97. The Labute approximate surface area is 144 Å². The van der Waals surface area contributed by atoms with E-state index in [1.165, 1.54) is 6.42 Å². The van der Waals surface area contributed by atoms with Gasteiger partial charge in [0.1, 0.15) is 5.52 Å². The van der Waals surface area contributed by atoms with Gasteiger partial charge >= 0.3 is 0 Å². The molecule has 1 aromatic carbocycles. The summed E-state index contributed by atoms with van der Waals surface area (Å²) in [6, 6.07) is 13.3. The number of hydrogen-bond donors (Lipinski definition) is 0. The molecule has 24 heavy (non-hydrogen) atoms. The molecule has 0 spiro atoms. The number of benzene rings is 1. The minimum Gasteiger partial charge on any atom is -0.423 e. The topological polar surface area (TPSA) is 45.4 Å². The van der Waals surface area contributed by atoms with Gasteiger partial charge in [-0.2, -0.15) is 4.98 Å². The molecule has 6 rings (SSSR count). The minimum atomic E-state index is 0.469. The lowest BCUT2D eigenvalue weighted by molar-refractivity contribution is 0.102. The van der Waals surface area contributed by atoms with Crippen LogP contribution in [-0.2, 0) is 6.54 Å². The third-order valence-corrected chi connectivity index (χ3v) is 5.17. The van der Waals surface area contributed by atoms with Crippen molar-refractivity contribution in [3.8, 4) is 0 Å². The summed E-state index contributed by atoms with van der Waals surface area (Å²) < 4.78 is 5.94. The monoisotopic (exact) mass is 340 g/mol. The summed E-state index contributed by atoms with van der Waals surface area (Å²) in [5.41, 5.74) is 2.75. The smallest absolute Gasteiger partial charge is 0.298 e. The van der Waals surface area contributed by atoms with E-state index < -0.39 is 0 Å². The molecule has 0 amide bonds. The molecule has 0 aliphatic carbocycles. The molecule has 0 N–H and O–H groups in total. The number of aromatic nitrogens is 2. The third kappa shape index (κ3) is 2.36. The molecule has 5 heterocycles. The second kappa shape index (κ2) is 5.46. The number of nitrogens with zero attached hydrogens (tertiary/aromatic N) is 4. The van der Waals surface area contributed by atoms with E-state index >= 15 is 0 Å². The zero-order valence-electron chi connectivity index (χ0n) is 13.1. The number of rotatable bonds is 3. The highest BCUT2D eigenvalue weighted by Gasteiger charge is 2.46. The van der Waals surface area contributed by atoms with Gasteiger partial charge in [0, 0.05) is 42.9 Å². The zero-order chi connectivity index (χ0) is 16.1. The van der Waals surface area contributed by atoms with Crippen molar-refractivity contribution in [2.24, 2.45) is 0 Å². The molecule has 0 saturated carbocycles. The number of anilines is 1. The van der Waals surface area contributed by atoms with Crippen LogP contribution in [0, 0.1) is 0 Å². The van der Waals surface area contributed by atoms with E-state index in [1.807, 2.05) is 36.5 Å². The first-order valence-corrected chi connectivity index (χ1v) is 8.61. The first kappa shape index (κ1) is 14.3. The van der Waals surface area contributed by atoms with Gasteiger partial charge in [-0.1, -0.05) is 17.7 Å². The van der Waals surface area contributed by atoms with Crippen molar-refractivity contribution in [3.05, 3.63) is 53.3 Å². The van der Waals surface area contributed by atoms with E-state index in [-0.39, 0.29) is 0 Å². The average molecular weight is 341 g/mol. The van der Waals surface area contributed by atoms with Gasteiger partial charge in [-0.15, -0.1) is 0 Å². The predicted molar refractivity (Wildman–Crippen MR) is 93.2 cm³/mol. The Morgan fingerprint density at radius 2 is 2.04 bits per heavy atom. The number of piperazine rings is 1. The SMILES string of the molecule is Clc1ccc2oc(N3C4CC3CN(Cc3ccccn3)C4)nc2c1. The molecular weight excluding hydrogens is 324 g/mol. The largest absolute Gasteiger partial charge is 0.423 e. The van der Waals surface area contributed by atoms with Crippen LogP contribution in [0.2, 0.25) is 5.02 Å². The van der Waals surface area contributed by atoms with Crippen LogP contribution in [-0.4, -0.2) is 40.0 Å². The Morgan fingerprint density at radius 3 is 2.83 bits per heavy atom. The van der Waals surface area contributed by atoms with Gasteiger partial charge in [-0.05, 0) is 36.8 Å². The van der Waals surface area contributed by atoms with E-state index in [2.05, 4.69) is 25.8 Å². The fraction of sp³-hybridized carbons (Fsp3) is 0.333. The number of pyridine rings is 1. The Kier molecular flexibility index (Phi) is 3.24. The quantitative estimate of drug-likeness (QED) is 0.731. The van der Waals surface area contributed by atoms with Gasteiger partial charge in [0.05, 0.1) is 5.69 Å². The molecule has 122 valence electrons. The second-order valence-corrected chi connectivity index (χ2v) is 7.01. The number of hydrogen-bond acceptors (Lipinski definition) is 5. The van der Waals surface area contributed by atoms with Crippen LogP contribution in [0.4, 0.5) is 6.01 Å². The van der Waals surface area contributed by atoms with Gasteiger partial charge < -0.3 is 9.32 Å². The van der Waals surface area contributed by atoms with Crippen LogP contribution in [0.3, 0.4) is 0 Å². The van der Waals surface area contributed by atoms with Crippen molar-refractivity contribution in [2.75, 3.05) is 18.0 Å². The van der Waals surface area contributed by atoms with Crippen molar-refractivity contribution in [1.29, 1.82) is 0 Å². The van der Waals surface area contributed by atoms with E-state index in [4.69, 9.17) is 16.0 Å². The van der Waals surface area contributed by atoms with Crippen LogP contribution < -0.4 is 4.90 Å². The maximum Gasteiger partial charge on any atom is 0.298 e. The molecule has 3 saturated heterocycles. The first-order chi connectivity index (χ1) is 11.8. The normalized spacial score (nSPS) is 23.5. The standard InChI is InChI=1S/C18H17ClN4O/c19-12-4-5-17-16(7-12)21-18(24-17)23-14-8-15(23)11-22(10-14)9-13-3-1-2-6-20-13/h1-7,14-15H,8-11H2. The Morgan fingerprint density at radius 1 is 1.17 bits per heavy atom. The lowest BCUT2D eigenvalue weighted by Crippen LogP contribution is -2.68. The molecule has 2 aromatic heterocycles. The Bertz CT molecular complexity index is 869. The zero-order valence-corrected chi connectivity index (χ0v) is 13.9. The maximum atomic E-state index is 6.04. The highest BCUT2D eigenvalue weighted by Crippen LogP contribution is 2.38. The first-order valence-electron chi connectivity index (χ1n) is 8.23. The fourth-order valence-electron chi connectivity index (χ4n) is 3.86. The lowest BCUT2D eigenvalue weighted by atomic mass is 9.88. The molecule has 2 atom stereocenters. The van der Waals surface area contributed by atoms with E-state index in [1.54, 1.807) is 0 Å². The molecule has 6 heteroatoms. The highest BCUT2D eigenvalue weighted by molar-refractivity contribution is 6.31. The number of oxazole rings is 1. The predicted octanol–water partition coefficient (Wildman–Crippen LogP) is 3.34. The van der Waals surface area contributed by atoms with Gasteiger partial charge in [0.15, 0.2) is 5.58 Å². The van der Waals surface area contributed by atoms with Crippen LogP contribution in [0.15, 0.2) is 47.0 Å². The Balaban J connectivity index is 1.33. The summed E-state index contributed by atoms with van der Waals surface area (Å²) >= 11 is 6.04. The molecule has 5 nitrogen and oxygen atoms in total. The molecule has 3 aliphatic heterocycles. The van der Waals surface area contributed by atoms with Gasteiger partial charge in [-0.3, -0.25) is 9.88 Å². The molecule has 2 unspecified atom stereocenters. The minimum absolute atomic E-state index is 0.469. The van der Waals surface area contributed by atoms with Crippen molar-refractivity contribution in [3.63, 3.8) is 0 Å². The summed E-state index contributed by atoms with van der Waals surface area (Å²) in [4.78, 5) is 13.9. The lowest BCUT2D eigenvalue weighted by Gasteiger charge is -2.55. The van der Waals surface area contributed by atoms with Crippen LogP contribution in [0.1, 0.15) is 12.1 Å². The molecule has 3 aromatic rings. The van der Waals surface area contributed by atoms with Crippen LogP contribution in [0.25, 0.3) is 11.1 Å². The molecule has 3 aliphatic rings. The van der Waals surface area contributed by atoms with Gasteiger partial charge in [-0.25, -0.2) is 0 Å². The number of fused-ring (bicyclic) bond motifs is 3. The van der Waals surface area contributed by atoms with Crippen LogP contribution >= 0.6 is 11.6 Å². The molecular formula is C18H17ClN4O. The molecule has 3 fully saturated rings. The summed E-state index contributed by atoms with van der Waals surface area (Å²) in [6.07, 6.45) is 3.06. The second-order valence-electron chi connectivity index (χ2n) is 6.57. The Hall–Kier alpha value is -2.11. The summed E-state index contributed by atoms with van der Waals surface area (Å²) in [6.45, 7) is 2.95. The number of halogens is 1.